The second-order valence-electron chi connectivity index (χ2n) is 2.53. The lowest BCUT2D eigenvalue weighted by molar-refractivity contribution is -0.115. The summed E-state index contributed by atoms with van der Waals surface area (Å²) in [5, 5.41) is 0. The molecule has 62 valence electrons. The number of rotatable bonds is 0. The van der Waals surface area contributed by atoms with E-state index in [1.54, 1.807) is 24.3 Å². The second-order valence-corrected chi connectivity index (χ2v) is 2.53. The van der Waals surface area contributed by atoms with Crippen molar-refractivity contribution in [2.45, 2.75) is 12.8 Å². The molecule has 0 fully saturated rings. The van der Waals surface area contributed by atoms with E-state index in [0.717, 1.165) is 0 Å². The van der Waals surface area contributed by atoms with Crippen LogP contribution in [0, 0.1) is 0 Å². The minimum atomic E-state index is 0.0604. The van der Waals surface area contributed by atoms with Gasteiger partial charge in [-0.05, 0) is 12.2 Å². The van der Waals surface area contributed by atoms with Crippen LogP contribution in [0.25, 0.3) is 0 Å². The lowest BCUT2D eigenvalue weighted by Crippen LogP contribution is -1.92. The first-order chi connectivity index (χ1) is 5.79. The van der Waals surface area contributed by atoms with Crippen molar-refractivity contribution in [2.75, 3.05) is 0 Å². The van der Waals surface area contributed by atoms with Gasteiger partial charge in [0.15, 0.2) is 11.6 Å². The van der Waals surface area contributed by atoms with Gasteiger partial charge in [-0.25, -0.2) is 0 Å². The summed E-state index contributed by atoms with van der Waals surface area (Å²) < 4.78 is 0. The average molecular weight is 162 g/mol. The molecule has 0 aliphatic heterocycles. The first kappa shape index (κ1) is 8.65. The van der Waals surface area contributed by atoms with Gasteiger partial charge in [0.1, 0.15) is 0 Å². The van der Waals surface area contributed by atoms with Gasteiger partial charge in [0, 0.05) is 12.8 Å². The molecule has 0 saturated carbocycles. The molecule has 1 aliphatic carbocycles. The Morgan fingerprint density at radius 3 is 1.67 bits per heavy atom. The number of carbonyl (C=O) groups excluding carboxylic acids is 2. The van der Waals surface area contributed by atoms with Crippen LogP contribution in [0.15, 0.2) is 36.5 Å². The molecule has 1 aliphatic rings. The van der Waals surface area contributed by atoms with Gasteiger partial charge < -0.3 is 0 Å². The van der Waals surface area contributed by atoms with Gasteiger partial charge in [0.05, 0.1) is 0 Å². The summed E-state index contributed by atoms with van der Waals surface area (Å²) in [4.78, 5) is 21.9. The molecule has 0 aromatic carbocycles. The van der Waals surface area contributed by atoms with Crippen LogP contribution >= 0.6 is 0 Å². The molecule has 0 bridgehead atoms. The third kappa shape index (κ3) is 3.10. The van der Waals surface area contributed by atoms with Crippen LogP contribution in [-0.2, 0) is 9.59 Å². The SMILES string of the molecule is O=C1/C=C\C=C/C(=O)C/C=C\C1. The Bertz CT molecular complexity index is 242. The Labute approximate surface area is 71.3 Å². The molecular formula is C10H10O2. The summed E-state index contributed by atoms with van der Waals surface area (Å²) in [6, 6.07) is 0. The minimum absolute atomic E-state index is 0.0604. The summed E-state index contributed by atoms with van der Waals surface area (Å²) >= 11 is 0. The summed E-state index contributed by atoms with van der Waals surface area (Å²) in [6.45, 7) is 0. The van der Waals surface area contributed by atoms with Crippen molar-refractivity contribution in [2.24, 2.45) is 0 Å². The Kier molecular flexibility index (Phi) is 3.20. The Morgan fingerprint density at radius 2 is 1.25 bits per heavy atom. The van der Waals surface area contributed by atoms with Crippen molar-refractivity contribution >= 4 is 11.6 Å². The highest BCUT2D eigenvalue weighted by Gasteiger charge is 1.95. The number of hydrogen-bond donors (Lipinski definition) is 0. The summed E-state index contributed by atoms with van der Waals surface area (Å²) in [7, 11) is 0. The highest BCUT2D eigenvalue weighted by atomic mass is 16.1. The molecule has 0 amide bonds. The average Bonchev–Trinajstić information content (AvgIpc) is 2.06. The van der Waals surface area contributed by atoms with Gasteiger partial charge >= 0.3 is 0 Å². The van der Waals surface area contributed by atoms with Crippen LogP contribution in [0.4, 0.5) is 0 Å². The van der Waals surface area contributed by atoms with E-state index < -0.39 is 0 Å². The standard InChI is InChI=1S/C10H10O2/c11-9-5-1-2-6-10(12)8-4-3-7-9/h1-6H,7-8H2/b4-3-,5-1-,6-2-. The molecule has 2 nitrogen and oxygen atoms in total. The maximum atomic E-state index is 10.9. The Balaban J connectivity index is 2.71. The zero-order chi connectivity index (χ0) is 8.81. The van der Waals surface area contributed by atoms with Crippen molar-refractivity contribution in [3.05, 3.63) is 36.5 Å². The lowest BCUT2D eigenvalue weighted by Gasteiger charge is -1.90. The predicted molar refractivity (Wildman–Crippen MR) is 46.7 cm³/mol. The number of ketones is 2. The smallest absolute Gasteiger partial charge is 0.159 e. The molecule has 0 atom stereocenters. The van der Waals surface area contributed by atoms with Gasteiger partial charge in [-0.15, -0.1) is 0 Å². The fraction of sp³-hybridized carbons (Fsp3) is 0.200. The summed E-state index contributed by atoms with van der Waals surface area (Å²) in [5.74, 6) is 0.121. The molecule has 0 unspecified atom stereocenters. The predicted octanol–water partition coefficient (Wildman–Crippen LogP) is 1.59. The van der Waals surface area contributed by atoms with Gasteiger partial charge in [-0.2, -0.15) is 0 Å². The normalized spacial score (nSPS) is 26.3. The molecule has 0 aromatic heterocycles. The third-order valence-corrected chi connectivity index (χ3v) is 1.48. The van der Waals surface area contributed by atoms with Crippen molar-refractivity contribution in [1.82, 2.24) is 0 Å². The summed E-state index contributed by atoms with van der Waals surface area (Å²) in [5.41, 5.74) is 0. The van der Waals surface area contributed by atoms with Crippen molar-refractivity contribution in [1.29, 1.82) is 0 Å². The molecule has 1 rings (SSSR count). The van der Waals surface area contributed by atoms with Crippen LogP contribution in [0.2, 0.25) is 0 Å². The summed E-state index contributed by atoms with van der Waals surface area (Å²) in [6.07, 6.45) is 10.4. The second kappa shape index (κ2) is 4.44. The lowest BCUT2D eigenvalue weighted by atomic mass is 10.1. The van der Waals surface area contributed by atoms with Crippen molar-refractivity contribution in [3.8, 4) is 0 Å². The van der Waals surface area contributed by atoms with E-state index in [2.05, 4.69) is 0 Å². The van der Waals surface area contributed by atoms with E-state index in [0.29, 0.717) is 12.8 Å². The third-order valence-electron chi connectivity index (χ3n) is 1.48. The van der Waals surface area contributed by atoms with E-state index in [-0.39, 0.29) is 11.6 Å². The first-order valence-corrected chi connectivity index (χ1v) is 3.84. The number of allylic oxidation sites excluding steroid dienone is 6. The van der Waals surface area contributed by atoms with Crippen LogP contribution in [0.1, 0.15) is 12.8 Å². The molecule has 0 N–H and O–H groups in total. The Hall–Kier alpha value is -1.44. The van der Waals surface area contributed by atoms with Crippen LogP contribution < -0.4 is 0 Å². The van der Waals surface area contributed by atoms with Gasteiger partial charge in [0.25, 0.3) is 0 Å². The molecule has 0 radical (unpaired) electrons. The molecule has 0 aromatic rings. The molecule has 0 saturated heterocycles. The largest absolute Gasteiger partial charge is 0.295 e. The van der Waals surface area contributed by atoms with Crippen LogP contribution in [0.3, 0.4) is 0 Å². The molecule has 0 heterocycles. The highest BCUT2D eigenvalue weighted by molar-refractivity contribution is 5.93. The molecule has 0 spiro atoms. The van der Waals surface area contributed by atoms with E-state index in [1.807, 2.05) is 0 Å². The maximum absolute atomic E-state index is 10.9. The number of carbonyl (C=O) groups is 2. The van der Waals surface area contributed by atoms with Gasteiger partial charge in [-0.1, -0.05) is 24.3 Å². The van der Waals surface area contributed by atoms with Gasteiger partial charge in [-0.3, -0.25) is 9.59 Å². The van der Waals surface area contributed by atoms with Crippen molar-refractivity contribution in [3.63, 3.8) is 0 Å². The highest BCUT2D eigenvalue weighted by Crippen LogP contribution is 1.96. The monoisotopic (exact) mass is 162 g/mol. The van der Waals surface area contributed by atoms with E-state index in [4.69, 9.17) is 0 Å². The quantitative estimate of drug-likeness (QED) is 0.507. The van der Waals surface area contributed by atoms with Crippen LogP contribution in [0.5, 0.6) is 0 Å². The van der Waals surface area contributed by atoms with E-state index in [9.17, 15) is 9.59 Å². The fourth-order valence-corrected chi connectivity index (χ4v) is 0.861. The molecule has 2 heteroatoms. The first-order valence-electron chi connectivity index (χ1n) is 3.84. The maximum Gasteiger partial charge on any atom is 0.159 e. The fourth-order valence-electron chi connectivity index (χ4n) is 0.861. The van der Waals surface area contributed by atoms with Crippen LogP contribution in [-0.4, -0.2) is 11.6 Å². The van der Waals surface area contributed by atoms with Crippen molar-refractivity contribution < 1.29 is 9.59 Å². The minimum Gasteiger partial charge on any atom is -0.295 e. The molecular weight excluding hydrogens is 152 g/mol. The van der Waals surface area contributed by atoms with E-state index >= 15 is 0 Å². The molecule has 12 heavy (non-hydrogen) atoms. The van der Waals surface area contributed by atoms with E-state index in [1.165, 1.54) is 12.2 Å². The zero-order valence-electron chi connectivity index (χ0n) is 6.69. The number of hydrogen-bond acceptors (Lipinski definition) is 2. The topological polar surface area (TPSA) is 34.1 Å². The Morgan fingerprint density at radius 1 is 0.833 bits per heavy atom. The van der Waals surface area contributed by atoms with Gasteiger partial charge in [0.2, 0.25) is 0 Å². The zero-order valence-corrected chi connectivity index (χ0v) is 6.69.